The van der Waals surface area contributed by atoms with Crippen LogP contribution in [0.2, 0.25) is 0 Å². The van der Waals surface area contributed by atoms with Crippen LogP contribution in [0.4, 0.5) is 0 Å². The van der Waals surface area contributed by atoms with Crippen LogP contribution in [0.1, 0.15) is 18.2 Å². The van der Waals surface area contributed by atoms with E-state index in [4.69, 9.17) is 4.74 Å². The van der Waals surface area contributed by atoms with Gasteiger partial charge in [-0.2, -0.15) is 10.2 Å². The third-order valence-electron chi connectivity index (χ3n) is 3.37. The fourth-order valence-corrected chi connectivity index (χ4v) is 2.30. The zero-order valence-corrected chi connectivity index (χ0v) is 13.5. The number of hydrazone groups is 1. The summed E-state index contributed by atoms with van der Waals surface area (Å²) in [5.74, 6) is 0.631. The van der Waals surface area contributed by atoms with E-state index in [9.17, 15) is 4.79 Å². The molecule has 0 spiro atoms. The smallest absolute Gasteiger partial charge is 0.275 e. The van der Waals surface area contributed by atoms with Crippen molar-refractivity contribution in [1.82, 2.24) is 14.8 Å². The number of nitrogens with zero attached hydrogens (tertiary/aromatic N) is 4. The monoisotopic (exact) mass is 300 g/mol. The van der Waals surface area contributed by atoms with Gasteiger partial charge < -0.3 is 4.74 Å². The number of carbonyl (C=O) groups is 1. The Morgan fingerprint density at radius 2 is 1.86 bits per heavy atom. The number of amides is 1. The molecule has 0 radical (unpaired) electrons. The van der Waals surface area contributed by atoms with Crippen LogP contribution in [-0.2, 0) is 11.8 Å². The fraction of sp³-hybridized carbons (Fsp3) is 0.312. The van der Waals surface area contributed by atoms with Gasteiger partial charge in [-0.25, -0.2) is 9.69 Å². The molecule has 22 heavy (non-hydrogen) atoms. The molecule has 1 amide bonds. The highest BCUT2D eigenvalue weighted by Gasteiger charge is 2.23. The Morgan fingerprint density at radius 1 is 1.14 bits per heavy atom. The Morgan fingerprint density at radius 3 is 2.45 bits per heavy atom. The first kappa shape index (κ1) is 15.8. The Hall–Kier alpha value is -2.63. The molecule has 0 aromatic carbocycles. The molecule has 6 heteroatoms. The van der Waals surface area contributed by atoms with Crippen molar-refractivity contribution < 1.29 is 9.53 Å². The second-order valence-electron chi connectivity index (χ2n) is 4.97. The van der Waals surface area contributed by atoms with Gasteiger partial charge in [-0.3, -0.25) is 4.79 Å². The van der Waals surface area contributed by atoms with E-state index in [0.29, 0.717) is 5.57 Å². The highest BCUT2D eigenvalue weighted by molar-refractivity contribution is 6.23. The van der Waals surface area contributed by atoms with Crippen LogP contribution in [0.15, 0.2) is 35.0 Å². The predicted octanol–water partition coefficient (Wildman–Crippen LogP) is 2.08. The Kier molecular flexibility index (Phi) is 4.60. The van der Waals surface area contributed by atoms with Crippen molar-refractivity contribution in [3.8, 4) is 5.88 Å². The second kappa shape index (κ2) is 6.43. The van der Waals surface area contributed by atoms with E-state index < -0.39 is 0 Å². The van der Waals surface area contributed by atoms with Gasteiger partial charge >= 0.3 is 0 Å². The average Bonchev–Trinajstić information content (AvgIpc) is 2.87. The lowest BCUT2D eigenvalue weighted by Gasteiger charge is -2.00. The molecule has 0 aliphatic carbocycles. The maximum absolute atomic E-state index is 11.8. The molecule has 0 bridgehead atoms. The second-order valence-corrected chi connectivity index (χ2v) is 4.97. The number of likely N-dealkylation sites (N-methyl/N-ethyl adjacent to an activating group) is 1. The van der Waals surface area contributed by atoms with Gasteiger partial charge in [0, 0.05) is 14.1 Å². The summed E-state index contributed by atoms with van der Waals surface area (Å²) >= 11 is 0. The molecular weight excluding hydrogens is 280 g/mol. The van der Waals surface area contributed by atoms with E-state index >= 15 is 0 Å². The molecule has 1 aliphatic heterocycles. The van der Waals surface area contributed by atoms with Gasteiger partial charge in [0.25, 0.3) is 5.91 Å². The minimum atomic E-state index is -0.0871. The maximum Gasteiger partial charge on any atom is 0.275 e. The number of hydrogen-bond donors (Lipinski definition) is 0. The van der Waals surface area contributed by atoms with Crippen LogP contribution in [0.25, 0.3) is 6.08 Å². The van der Waals surface area contributed by atoms with Crippen molar-refractivity contribution in [3.63, 3.8) is 0 Å². The lowest BCUT2D eigenvalue weighted by Crippen LogP contribution is -2.16. The van der Waals surface area contributed by atoms with Crippen molar-refractivity contribution >= 4 is 17.7 Å². The van der Waals surface area contributed by atoms with Crippen LogP contribution in [0, 0.1) is 6.92 Å². The zero-order valence-electron chi connectivity index (χ0n) is 13.5. The van der Waals surface area contributed by atoms with Gasteiger partial charge in [-0.05, 0) is 26.0 Å². The van der Waals surface area contributed by atoms with Crippen molar-refractivity contribution in [2.45, 2.75) is 13.8 Å². The summed E-state index contributed by atoms with van der Waals surface area (Å²) in [6.07, 6.45) is 9.26. The Labute approximate surface area is 130 Å². The summed E-state index contributed by atoms with van der Waals surface area (Å²) in [4.78, 5) is 11.8. The molecule has 116 valence electrons. The van der Waals surface area contributed by atoms with E-state index in [1.54, 1.807) is 24.9 Å². The number of carbonyl (C=O) groups excluding carboxylic acids is 1. The summed E-state index contributed by atoms with van der Waals surface area (Å²) in [7, 11) is 5.11. The molecule has 0 saturated heterocycles. The molecule has 2 rings (SSSR count). The molecular formula is C16H20N4O2. The van der Waals surface area contributed by atoms with Gasteiger partial charge in [0.05, 0.1) is 29.7 Å². The molecule has 6 nitrogen and oxygen atoms in total. The first-order chi connectivity index (χ1) is 10.5. The van der Waals surface area contributed by atoms with E-state index in [-0.39, 0.29) is 5.91 Å². The normalized spacial score (nSPS) is 17.3. The standard InChI is InChI=1S/C16H20N4O2/c1-11-13(15(21)19(3)17-11)9-7-6-8-10-14-12(2)18-20(4)16(14)22-5/h6-10H,1-5H3/b7-6+,10-8+,13-9?. The summed E-state index contributed by atoms with van der Waals surface area (Å²) in [6.45, 7) is 3.75. The largest absolute Gasteiger partial charge is 0.481 e. The average molecular weight is 300 g/mol. The first-order valence-corrected chi connectivity index (χ1v) is 6.92. The quantitative estimate of drug-likeness (QED) is 0.632. The minimum absolute atomic E-state index is 0.0871. The van der Waals surface area contributed by atoms with E-state index in [0.717, 1.165) is 22.8 Å². The number of hydrogen-bond acceptors (Lipinski definition) is 4. The number of aromatic nitrogens is 2. The van der Waals surface area contributed by atoms with Crippen molar-refractivity contribution in [1.29, 1.82) is 0 Å². The van der Waals surface area contributed by atoms with Gasteiger partial charge in [0.1, 0.15) is 0 Å². The highest BCUT2D eigenvalue weighted by Crippen LogP contribution is 2.22. The molecule has 0 fully saturated rings. The summed E-state index contributed by atoms with van der Waals surface area (Å²) in [5, 5.41) is 9.74. The Balaban J connectivity index is 2.11. The predicted molar refractivity (Wildman–Crippen MR) is 86.6 cm³/mol. The van der Waals surface area contributed by atoms with Crippen molar-refractivity contribution in [2.24, 2.45) is 12.1 Å². The molecule has 0 saturated carbocycles. The lowest BCUT2D eigenvalue weighted by molar-refractivity contribution is -0.124. The third-order valence-corrected chi connectivity index (χ3v) is 3.37. The van der Waals surface area contributed by atoms with Crippen LogP contribution < -0.4 is 4.74 Å². The minimum Gasteiger partial charge on any atom is -0.481 e. The van der Waals surface area contributed by atoms with E-state index in [1.807, 2.05) is 45.2 Å². The zero-order chi connectivity index (χ0) is 16.3. The maximum atomic E-state index is 11.8. The number of methoxy groups -OCH3 is 1. The van der Waals surface area contributed by atoms with Gasteiger partial charge in [0.2, 0.25) is 5.88 Å². The van der Waals surface area contributed by atoms with Gasteiger partial charge in [-0.15, -0.1) is 0 Å². The van der Waals surface area contributed by atoms with E-state index in [2.05, 4.69) is 10.2 Å². The van der Waals surface area contributed by atoms with Crippen LogP contribution in [0.3, 0.4) is 0 Å². The number of rotatable bonds is 4. The molecule has 0 atom stereocenters. The van der Waals surface area contributed by atoms with Crippen LogP contribution in [0.5, 0.6) is 5.88 Å². The highest BCUT2D eigenvalue weighted by atomic mass is 16.5. The number of ether oxygens (including phenoxy) is 1. The van der Waals surface area contributed by atoms with Gasteiger partial charge in [0.15, 0.2) is 0 Å². The van der Waals surface area contributed by atoms with Gasteiger partial charge in [-0.1, -0.05) is 18.2 Å². The fourth-order valence-electron chi connectivity index (χ4n) is 2.30. The molecule has 0 N–H and O–H groups in total. The topological polar surface area (TPSA) is 59.7 Å². The van der Waals surface area contributed by atoms with Crippen LogP contribution >= 0.6 is 0 Å². The number of aryl methyl sites for hydroxylation is 2. The first-order valence-electron chi connectivity index (χ1n) is 6.92. The van der Waals surface area contributed by atoms with Crippen molar-refractivity contribution in [3.05, 3.63) is 41.1 Å². The SMILES string of the molecule is COc1c(/C=C/C=C/C=C2C(=O)N(C)N=C2C)c(C)nn1C. The lowest BCUT2D eigenvalue weighted by atomic mass is 10.1. The summed E-state index contributed by atoms with van der Waals surface area (Å²) in [6, 6.07) is 0. The van der Waals surface area contributed by atoms with E-state index in [1.165, 1.54) is 5.01 Å². The molecule has 2 heterocycles. The summed E-state index contributed by atoms with van der Waals surface area (Å²) in [5.41, 5.74) is 3.18. The molecule has 1 aromatic heterocycles. The van der Waals surface area contributed by atoms with Crippen molar-refractivity contribution in [2.75, 3.05) is 14.2 Å². The number of allylic oxidation sites excluding steroid dienone is 4. The molecule has 1 aliphatic rings. The third kappa shape index (κ3) is 3.00. The molecule has 1 aromatic rings. The molecule has 0 unspecified atom stereocenters. The summed E-state index contributed by atoms with van der Waals surface area (Å²) < 4.78 is 7.02. The van der Waals surface area contributed by atoms with Crippen LogP contribution in [-0.4, -0.2) is 40.6 Å². The Bertz CT molecular complexity index is 708.